The van der Waals surface area contributed by atoms with Gasteiger partial charge in [-0.3, -0.25) is 14.3 Å². The van der Waals surface area contributed by atoms with Gasteiger partial charge in [0.15, 0.2) is 0 Å². The molecule has 0 amide bonds. The lowest BCUT2D eigenvalue weighted by molar-refractivity contribution is 0.507. The van der Waals surface area contributed by atoms with Crippen LogP contribution in [0.4, 0.5) is 11.5 Å². The molecular weight excluding hydrogens is 244 g/mol. The minimum absolute atomic E-state index is 0.174. The van der Waals surface area contributed by atoms with E-state index >= 15 is 0 Å². The van der Waals surface area contributed by atoms with Crippen LogP contribution in [-0.2, 0) is 6.54 Å². The molecule has 0 atom stereocenters. The number of aromatic amines is 1. The van der Waals surface area contributed by atoms with E-state index < -0.39 is 11.2 Å². The Hall–Kier alpha value is -1.72. The number of nitrogens with zero attached hydrogens (tertiary/aromatic N) is 1. The number of aromatic nitrogens is 2. The molecule has 0 bridgehead atoms. The smallest absolute Gasteiger partial charge is 0.330 e. The average Bonchev–Trinajstić information content (AvgIpc) is 2.34. The fourth-order valence-electron chi connectivity index (χ4n) is 1.97. The monoisotopic (exact) mass is 268 g/mol. The van der Waals surface area contributed by atoms with Crippen LogP contribution in [0.1, 0.15) is 40.5 Å². The van der Waals surface area contributed by atoms with E-state index in [0.29, 0.717) is 12.2 Å². The first-order chi connectivity index (χ1) is 8.90. The molecule has 0 fully saturated rings. The van der Waals surface area contributed by atoms with Gasteiger partial charge in [-0.25, -0.2) is 4.79 Å². The van der Waals surface area contributed by atoms with E-state index in [4.69, 9.17) is 5.73 Å². The normalized spacial score (nSPS) is 11.3. The van der Waals surface area contributed by atoms with E-state index in [1.807, 2.05) is 27.7 Å². The highest BCUT2D eigenvalue weighted by molar-refractivity contribution is 5.60. The Balaban J connectivity index is 3.25. The van der Waals surface area contributed by atoms with E-state index in [-0.39, 0.29) is 17.8 Å². The number of nitrogens with two attached hydrogens (primary N) is 1. The number of hydrogen-bond donors (Lipinski definition) is 3. The Morgan fingerprint density at radius 3 is 2.32 bits per heavy atom. The number of nitrogens with one attached hydrogen (secondary N) is 2. The van der Waals surface area contributed by atoms with Crippen molar-refractivity contribution in [3.05, 3.63) is 20.8 Å². The summed E-state index contributed by atoms with van der Waals surface area (Å²) >= 11 is 0. The van der Waals surface area contributed by atoms with E-state index in [1.54, 1.807) is 0 Å². The number of rotatable bonds is 6. The van der Waals surface area contributed by atoms with Crippen LogP contribution < -0.4 is 22.3 Å². The van der Waals surface area contributed by atoms with Crippen LogP contribution in [0.25, 0.3) is 0 Å². The Labute approximate surface area is 113 Å². The first kappa shape index (κ1) is 15.3. The largest absolute Gasteiger partial charge is 0.383 e. The Morgan fingerprint density at radius 1 is 1.26 bits per heavy atom. The molecule has 1 aromatic heterocycles. The highest BCUT2D eigenvalue weighted by Gasteiger charge is 2.15. The average molecular weight is 268 g/mol. The zero-order chi connectivity index (χ0) is 14.6. The van der Waals surface area contributed by atoms with Gasteiger partial charge in [-0.05, 0) is 18.8 Å². The maximum Gasteiger partial charge on any atom is 0.330 e. The molecule has 108 valence electrons. The summed E-state index contributed by atoms with van der Waals surface area (Å²) in [7, 11) is 0. The summed E-state index contributed by atoms with van der Waals surface area (Å²) in [5.41, 5.74) is 5.37. The summed E-state index contributed by atoms with van der Waals surface area (Å²) in [5, 5.41) is 3.13. The van der Waals surface area contributed by atoms with Crippen LogP contribution in [0.2, 0.25) is 0 Å². The molecule has 6 heteroatoms. The predicted molar refractivity (Wildman–Crippen MR) is 78.6 cm³/mol. The van der Waals surface area contributed by atoms with Gasteiger partial charge in [0.1, 0.15) is 11.5 Å². The quantitative estimate of drug-likeness (QED) is 0.726. The molecule has 0 spiro atoms. The second-order valence-corrected chi connectivity index (χ2v) is 5.18. The fourth-order valence-corrected chi connectivity index (χ4v) is 1.97. The van der Waals surface area contributed by atoms with Crippen molar-refractivity contribution in [2.24, 2.45) is 5.92 Å². The van der Waals surface area contributed by atoms with Gasteiger partial charge >= 0.3 is 5.69 Å². The van der Waals surface area contributed by atoms with Gasteiger partial charge < -0.3 is 11.1 Å². The van der Waals surface area contributed by atoms with Gasteiger partial charge in [0.05, 0.1) is 0 Å². The molecule has 1 heterocycles. The molecule has 0 aliphatic carbocycles. The van der Waals surface area contributed by atoms with Crippen molar-refractivity contribution in [1.82, 2.24) is 9.55 Å². The van der Waals surface area contributed by atoms with Crippen molar-refractivity contribution in [2.45, 2.75) is 53.1 Å². The van der Waals surface area contributed by atoms with Crippen molar-refractivity contribution in [3.8, 4) is 0 Å². The van der Waals surface area contributed by atoms with Crippen LogP contribution in [0.5, 0.6) is 0 Å². The lowest BCUT2D eigenvalue weighted by Crippen LogP contribution is -2.36. The number of hydrogen-bond acceptors (Lipinski definition) is 4. The van der Waals surface area contributed by atoms with Crippen molar-refractivity contribution in [2.75, 3.05) is 11.1 Å². The summed E-state index contributed by atoms with van der Waals surface area (Å²) < 4.78 is 1.41. The van der Waals surface area contributed by atoms with Gasteiger partial charge in [-0.1, -0.05) is 27.7 Å². The van der Waals surface area contributed by atoms with Gasteiger partial charge in [0.25, 0.3) is 5.56 Å². The molecule has 6 nitrogen and oxygen atoms in total. The van der Waals surface area contributed by atoms with Crippen LogP contribution in [-0.4, -0.2) is 15.6 Å². The van der Waals surface area contributed by atoms with Crippen LogP contribution >= 0.6 is 0 Å². The first-order valence-corrected chi connectivity index (χ1v) is 6.79. The Morgan fingerprint density at radius 2 is 1.84 bits per heavy atom. The molecule has 1 rings (SSSR count). The molecule has 0 saturated carbocycles. The summed E-state index contributed by atoms with van der Waals surface area (Å²) in [6, 6.07) is 0.174. The molecule has 0 radical (unpaired) electrons. The number of H-pyrrole nitrogens is 1. The molecule has 0 saturated heterocycles. The molecule has 0 unspecified atom stereocenters. The zero-order valence-electron chi connectivity index (χ0n) is 12.1. The lowest BCUT2D eigenvalue weighted by Gasteiger charge is -2.19. The number of nitrogen functional groups attached to an aromatic ring is 1. The molecule has 0 aliphatic heterocycles. The van der Waals surface area contributed by atoms with Gasteiger partial charge in [0, 0.05) is 12.6 Å². The van der Waals surface area contributed by atoms with Crippen LogP contribution in [0, 0.1) is 5.92 Å². The Bertz CT molecular complexity index is 526. The van der Waals surface area contributed by atoms with Crippen LogP contribution in [0.3, 0.4) is 0 Å². The minimum Gasteiger partial charge on any atom is -0.383 e. The second kappa shape index (κ2) is 6.45. The first-order valence-electron chi connectivity index (χ1n) is 6.79. The highest BCUT2D eigenvalue weighted by Crippen LogP contribution is 2.15. The predicted octanol–water partition coefficient (Wildman–Crippen LogP) is 1.38. The van der Waals surface area contributed by atoms with Crippen molar-refractivity contribution >= 4 is 11.5 Å². The van der Waals surface area contributed by atoms with E-state index in [9.17, 15) is 9.59 Å². The van der Waals surface area contributed by atoms with E-state index in [0.717, 1.165) is 12.8 Å². The summed E-state index contributed by atoms with van der Waals surface area (Å²) in [5.74, 6) is 0.487. The number of anilines is 2. The standard InChI is InChI=1S/C13H24N4O2/c1-5-9(6-2)15-10-11(14)17(7-8(3)4)13(19)16-12(10)18/h8-9,15H,5-7,14H2,1-4H3,(H,16,18,19). The third-order valence-electron chi connectivity index (χ3n) is 3.12. The maximum atomic E-state index is 11.9. The van der Waals surface area contributed by atoms with Crippen molar-refractivity contribution in [3.63, 3.8) is 0 Å². The van der Waals surface area contributed by atoms with E-state index in [2.05, 4.69) is 10.3 Å². The van der Waals surface area contributed by atoms with Crippen molar-refractivity contribution in [1.29, 1.82) is 0 Å². The zero-order valence-corrected chi connectivity index (χ0v) is 12.1. The van der Waals surface area contributed by atoms with Crippen molar-refractivity contribution < 1.29 is 0 Å². The molecule has 1 aromatic rings. The van der Waals surface area contributed by atoms with Gasteiger partial charge in [-0.2, -0.15) is 0 Å². The van der Waals surface area contributed by atoms with E-state index in [1.165, 1.54) is 4.57 Å². The van der Waals surface area contributed by atoms with Gasteiger partial charge in [-0.15, -0.1) is 0 Å². The topological polar surface area (TPSA) is 92.9 Å². The lowest BCUT2D eigenvalue weighted by atomic mass is 10.1. The second-order valence-electron chi connectivity index (χ2n) is 5.18. The third kappa shape index (κ3) is 3.62. The summed E-state index contributed by atoms with van der Waals surface area (Å²) in [6.45, 7) is 8.54. The molecule has 0 aliphatic rings. The molecule has 4 N–H and O–H groups in total. The SMILES string of the molecule is CCC(CC)Nc1c(N)n(CC(C)C)c(=O)[nH]c1=O. The Kier molecular flexibility index (Phi) is 5.20. The summed E-state index contributed by atoms with van der Waals surface area (Å²) in [6.07, 6.45) is 1.78. The fraction of sp³-hybridized carbons (Fsp3) is 0.692. The molecule has 19 heavy (non-hydrogen) atoms. The molecular formula is C13H24N4O2. The third-order valence-corrected chi connectivity index (χ3v) is 3.12. The summed E-state index contributed by atoms with van der Waals surface area (Å²) in [4.78, 5) is 25.9. The highest BCUT2D eigenvalue weighted by atomic mass is 16.2. The molecule has 0 aromatic carbocycles. The van der Waals surface area contributed by atoms with Crippen LogP contribution in [0.15, 0.2) is 9.59 Å². The van der Waals surface area contributed by atoms with Gasteiger partial charge in [0.2, 0.25) is 0 Å². The minimum atomic E-state index is -0.453. The maximum absolute atomic E-state index is 11.9.